The van der Waals surface area contributed by atoms with Crippen LogP contribution in [0.1, 0.15) is 19.4 Å². The monoisotopic (exact) mass is 478 g/mol. The van der Waals surface area contributed by atoms with Gasteiger partial charge in [0, 0.05) is 43.3 Å². The molecule has 0 amide bonds. The molecule has 2 atom stereocenters. The van der Waals surface area contributed by atoms with Gasteiger partial charge in [-0.1, -0.05) is 0 Å². The molecule has 2 N–H and O–H groups in total. The summed E-state index contributed by atoms with van der Waals surface area (Å²) in [5, 5.41) is 14.2. The van der Waals surface area contributed by atoms with E-state index in [1.165, 1.54) is 5.56 Å². The number of halogens is 6. The minimum atomic E-state index is -5.08. The second kappa shape index (κ2) is 11.5. The number of alkyl halides is 6. The minimum absolute atomic E-state index is 0.546. The Hall–Kier alpha value is -2.32. The number of rotatable bonds is 3. The van der Waals surface area contributed by atoms with Crippen molar-refractivity contribution in [1.82, 2.24) is 9.80 Å². The van der Waals surface area contributed by atoms with Gasteiger partial charge in [-0.05, 0) is 19.9 Å². The maximum atomic E-state index is 10.6. The molecule has 2 unspecified atom stereocenters. The van der Waals surface area contributed by atoms with Crippen LogP contribution >= 0.6 is 0 Å². The van der Waals surface area contributed by atoms with E-state index in [4.69, 9.17) is 29.0 Å². The Morgan fingerprint density at radius 3 is 1.78 bits per heavy atom. The Kier molecular flexibility index (Phi) is 9.97. The summed E-state index contributed by atoms with van der Waals surface area (Å²) in [6.45, 7) is 9.51. The molecule has 1 aromatic heterocycles. The third-order valence-electron chi connectivity index (χ3n) is 4.47. The Labute approximate surface area is 179 Å². The summed E-state index contributed by atoms with van der Waals surface area (Å²) in [4.78, 5) is 23.0. The fourth-order valence-corrected chi connectivity index (χ4v) is 3.39. The van der Waals surface area contributed by atoms with Crippen molar-refractivity contribution in [3.05, 3.63) is 24.2 Å². The summed E-state index contributed by atoms with van der Waals surface area (Å²) in [6, 6.07) is 3.76. The summed E-state index contributed by atoms with van der Waals surface area (Å²) in [5.74, 6) is -5.51. The van der Waals surface area contributed by atoms with Crippen molar-refractivity contribution in [1.29, 1.82) is 0 Å². The predicted octanol–water partition coefficient (Wildman–Crippen LogP) is 2.84. The first-order valence-electron chi connectivity index (χ1n) is 9.31. The molecule has 2 aliphatic heterocycles. The summed E-state index contributed by atoms with van der Waals surface area (Å²) < 4.78 is 74.3. The van der Waals surface area contributed by atoms with Crippen LogP contribution in [-0.2, 0) is 20.9 Å². The number of carboxylic acid groups (broad SMARTS) is 2. The lowest BCUT2D eigenvalue weighted by molar-refractivity contribution is -0.193. The zero-order valence-electron chi connectivity index (χ0n) is 17.2. The van der Waals surface area contributed by atoms with Gasteiger partial charge in [0.2, 0.25) is 0 Å². The molecule has 0 saturated carbocycles. The molecule has 0 aliphatic carbocycles. The van der Waals surface area contributed by atoms with Gasteiger partial charge in [0.15, 0.2) is 0 Å². The molecule has 3 rings (SSSR count). The molecular weight excluding hydrogens is 454 g/mol. The Morgan fingerprint density at radius 2 is 1.47 bits per heavy atom. The first kappa shape index (κ1) is 27.7. The second-order valence-electron chi connectivity index (χ2n) is 7.32. The Morgan fingerprint density at radius 1 is 1.03 bits per heavy atom. The standard InChI is InChI=1S/C14H22N2O2.2C2HF3O2/c1-11(2)16-13-6-15(5-12-3-4-17-8-12)7-14(16)10-18-9-13;2*3-2(4,5)1(6)7/h3-4,8,11,13-14H,5-7,9-10H2,1-2H3;2*(H,6,7). The fraction of sp³-hybridized carbons (Fsp3) is 0.667. The molecule has 2 bridgehead atoms. The van der Waals surface area contributed by atoms with E-state index in [1.807, 2.05) is 6.26 Å². The highest BCUT2D eigenvalue weighted by atomic mass is 19.4. The number of hydrogen-bond donors (Lipinski definition) is 2. The van der Waals surface area contributed by atoms with Crippen molar-refractivity contribution in [2.75, 3.05) is 26.3 Å². The van der Waals surface area contributed by atoms with E-state index in [1.54, 1.807) is 6.26 Å². The summed E-state index contributed by atoms with van der Waals surface area (Å²) >= 11 is 0. The molecule has 8 nitrogen and oxygen atoms in total. The van der Waals surface area contributed by atoms with E-state index in [0.717, 1.165) is 32.8 Å². The molecule has 0 aromatic carbocycles. The van der Waals surface area contributed by atoms with Crippen molar-refractivity contribution in [3.63, 3.8) is 0 Å². The van der Waals surface area contributed by atoms with E-state index < -0.39 is 24.3 Å². The Balaban J connectivity index is 0.000000305. The number of aliphatic carboxylic acids is 2. The fourth-order valence-electron chi connectivity index (χ4n) is 3.39. The van der Waals surface area contributed by atoms with Crippen molar-refractivity contribution in [2.24, 2.45) is 0 Å². The molecule has 2 saturated heterocycles. The van der Waals surface area contributed by atoms with Gasteiger partial charge in [-0.15, -0.1) is 0 Å². The summed E-state index contributed by atoms with van der Waals surface area (Å²) in [6.07, 6.45) is -6.56. The van der Waals surface area contributed by atoms with Crippen LogP contribution in [0.25, 0.3) is 0 Å². The van der Waals surface area contributed by atoms with Gasteiger partial charge in [0.05, 0.1) is 25.7 Å². The molecule has 184 valence electrons. The van der Waals surface area contributed by atoms with Gasteiger partial charge in [-0.2, -0.15) is 26.3 Å². The molecule has 3 heterocycles. The summed E-state index contributed by atoms with van der Waals surface area (Å²) in [7, 11) is 0. The number of hydrogen-bond acceptors (Lipinski definition) is 6. The van der Waals surface area contributed by atoms with Gasteiger partial charge in [0.25, 0.3) is 0 Å². The number of ether oxygens (including phenoxy) is 1. The van der Waals surface area contributed by atoms with E-state index in [0.29, 0.717) is 18.1 Å². The highest BCUT2D eigenvalue weighted by molar-refractivity contribution is 5.73. The van der Waals surface area contributed by atoms with Gasteiger partial charge in [-0.3, -0.25) is 9.80 Å². The lowest BCUT2D eigenvalue weighted by atomic mass is 10.0. The average molecular weight is 478 g/mol. The lowest BCUT2D eigenvalue weighted by Crippen LogP contribution is -2.65. The van der Waals surface area contributed by atoms with Gasteiger partial charge in [-0.25, -0.2) is 9.59 Å². The molecule has 0 radical (unpaired) electrons. The lowest BCUT2D eigenvalue weighted by Gasteiger charge is -2.51. The number of fused-ring (bicyclic) bond motifs is 2. The smallest absolute Gasteiger partial charge is 0.475 e. The molecule has 2 fully saturated rings. The van der Waals surface area contributed by atoms with Crippen molar-refractivity contribution in [2.45, 2.75) is 50.9 Å². The van der Waals surface area contributed by atoms with Crippen molar-refractivity contribution < 1.29 is 55.3 Å². The zero-order valence-corrected chi connectivity index (χ0v) is 17.2. The van der Waals surface area contributed by atoms with Gasteiger partial charge < -0.3 is 19.4 Å². The van der Waals surface area contributed by atoms with Gasteiger partial charge in [0.1, 0.15) is 0 Å². The second-order valence-corrected chi connectivity index (χ2v) is 7.32. The average Bonchev–Trinajstić information content (AvgIpc) is 3.13. The molecular formula is C18H24F6N2O6. The first-order valence-corrected chi connectivity index (χ1v) is 9.31. The van der Waals surface area contributed by atoms with E-state index >= 15 is 0 Å². The predicted molar refractivity (Wildman–Crippen MR) is 96.7 cm³/mol. The number of carbonyl (C=O) groups is 2. The molecule has 14 heteroatoms. The molecule has 2 aliphatic rings. The third kappa shape index (κ3) is 9.04. The largest absolute Gasteiger partial charge is 0.490 e. The van der Waals surface area contributed by atoms with Crippen molar-refractivity contribution in [3.8, 4) is 0 Å². The normalized spacial score (nSPS) is 21.8. The van der Waals surface area contributed by atoms with Crippen LogP contribution in [0.5, 0.6) is 0 Å². The first-order chi connectivity index (χ1) is 14.6. The van der Waals surface area contributed by atoms with Gasteiger partial charge >= 0.3 is 24.3 Å². The van der Waals surface area contributed by atoms with Crippen LogP contribution in [0.3, 0.4) is 0 Å². The van der Waals surface area contributed by atoms with Crippen LogP contribution in [0.2, 0.25) is 0 Å². The highest BCUT2D eigenvalue weighted by Gasteiger charge is 2.40. The van der Waals surface area contributed by atoms with Crippen LogP contribution < -0.4 is 0 Å². The number of nitrogens with zero attached hydrogens (tertiary/aromatic N) is 2. The van der Waals surface area contributed by atoms with Crippen LogP contribution in [0.4, 0.5) is 26.3 Å². The topological polar surface area (TPSA) is 103 Å². The number of carboxylic acids is 2. The highest BCUT2D eigenvalue weighted by Crippen LogP contribution is 2.24. The summed E-state index contributed by atoms with van der Waals surface area (Å²) in [5.41, 5.74) is 1.27. The zero-order chi connectivity index (χ0) is 24.7. The van der Waals surface area contributed by atoms with Crippen molar-refractivity contribution >= 4 is 11.9 Å². The van der Waals surface area contributed by atoms with E-state index in [-0.39, 0.29) is 0 Å². The van der Waals surface area contributed by atoms with E-state index in [9.17, 15) is 26.3 Å². The maximum Gasteiger partial charge on any atom is 0.490 e. The SMILES string of the molecule is CC(C)N1C2COCC1CN(Cc1ccoc1)C2.O=C(O)C(F)(F)F.O=C(O)C(F)(F)F. The molecule has 0 spiro atoms. The van der Waals surface area contributed by atoms with Crippen LogP contribution in [0.15, 0.2) is 23.0 Å². The Bertz CT molecular complexity index is 685. The number of morpholine rings is 1. The minimum Gasteiger partial charge on any atom is -0.475 e. The third-order valence-corrected chi connectivity index (χ3v) is 4.47. The van der Waals surface area contributed by atoms with E-state index in [2.05, 4.69) is 29.7 Å². The molecule has 32 heavy (non-hydrogen) atoms. The maximum absolute atomic E-state index is 10.6. The van der Waals surface area contributed by atoms with Crippen LogP contribution in [0, 0.1) is 0 Å². The molecule has 1 aromatic rings. The number of piperazine rings is 1. The number of furan rings is 1. The quantitative estimate of drug-likeness (QED) is 0.640. The van der Waals surface area contributed by atoms with Crippen LogP contribution in [-0.4, -0.2) is 88.7 Å².